The minimum absolute atomic E-state index is 0.0696. The molecular formula is C19H22N6O. The topological polar surface area (TPSA) is 79.7 Å². The number of carbonyl (C=O) groups is 1. The Hall–Kier alpha value is -2.70. The van der Waals surface area contributed by atoms with Crippen LogP contribution in [0.4, 0.5) is 0 Å². The first-order valence-corrected chi connectivity index (χ1v) is 9.31. The third-order valence-corrected chi connectivity index (χ3v) is 5.53. The van der Waals surface area contributed by atoms with Gasteiger partial charge in [0.05, 0.1) is 17.4 Å². The summed E-state index contributed by atoms with van der Waals surface area (Å²) in [6, 6.07) is 5.75. The van der Waals surface area contributed by atoms with Crippen LogP contribution in [0.3, 0.4) is 0 Å². The number of nitrogens with one attached hydrogen (secondary N) is 1. The summed E-state index contributed by atoms with van der Waals surface area (Å²) < 4.78 is 1.96. The van der Waals surface area contributed by atoms with Crippen LogP contribution in [0.5, 0.6) is 0 Å². The van der Waals surface area contributed by atoms with Gasteiger partial charge >= 0.3 is 0 Å². The largest absolute Gasteiger partial charge is 0.338 e. The Labute approximate surface area is 151 Å². The highest BCUT2D eigenvalue weighted by atomic mass is 16.2. The lowest BCUT2D eigenvalue weighted by Crippen LogP contribution is -2.39. The van der Waals surface area contributed by atoms with Crippen molar-refractivity contribution in [3.8, 4) is 0 Å². The number of benzene rings is 1. The number of aromatic amines is 1. The number of likely N-dealkylation sites (tertiary alicyclic amines) is 1. The zero-order valence-electron chi connectivity index (χ0n) is 14.9. The van der Waals surface area contributed by atoms with Crippen molar-refractivity contribution in [2.24, 2.45) is 7.05 Å². The molecule has 3 aromatic rings. The van der Waals surface area contributed by atoms with Gasteiger partial charge in [-0.15, -0.1) is 0 Å². The minimum Gasteiger partial charge on any atom is -0.338 e. The van der Waals surface area contributed by atoms with Crippen LogP contribution in [-0.4, -0.2) is 48.6 Å². The molecule has 2 aliphatic rings. The highest BCUT2D eigenvalue weighted by Gasteiger charge is 2.31. The van der Waals surface area contributed by atoms with Crippen molar-refractivity contribution < 1.29 is 4.79 Å². The molecule has 1 aliphatic heterocycles. The summed E-state index contributed by atoms with van der Waals surface area (Å²) in [5.41, 5.74) is 2.59. The second kappa shape index (κ2) is 5.93. The molecule has 1 saturated carbocycles. The van der Waals surface area contributed by atoms with Gasteiger partial charge in [-0.2, -0.15) is 5.10 Å². The smallest absolute Gasteiger partial charge is 0.253 e. The number of H-pyrrole nitrogens is 1. The lowest BCUT2D eigenvalue weighted by Gasteiger charge is -2.31. The van der Waals surface area contributed by atoms with Gasteiger partial charge < -0.3 is 9.47 Å². The molecule has 1 N–H and O–H groups in total. The van der Waals surface area contributed by atoms with Gasteiger partial charge in [-0.3, -0.25) is 9.89 Å². The van der Waals surface area contributed by atoms with E-state index in [2.05, 4.69) is 20.2 Å². The van der Waals surface area contributed by atoms with Gasteiger partial charge in [0.25, 0.3) is 5.91 Å². The fourth-order valence-corrected chi connectivity index (χ4v) is 3.83. The highest BCUT2D eigenvalue weighted by molar-refractivity contribution is 5.97. The summed E-state index contributed by atoms with van der Waals surface area (Å²) in [6.07, 6.45) is 6.21. The number of aromatic nitrogens is 5. The molecule has 134 valence electrons. The van der Waals surface area contributed by atoms with Crippen LogP contribution in [0.15, 0.2) is 24.5 Å². The van der Waals surface area contributed by atoms with Crippen LogP contribution in [-0.2, 0) is 7.05 Å². The molecule has 5 rings (SSSR count). The zero-order valence-corrected chi connectivity index (χ0v) is 14.9. The van der Waals surface area contributed by atoms with Crippen molar-refractivity contribution in [3.63, 3.8) is 0 Å². The van der Waals surface area contributed by atoms with Crippen molar-refractivity contribution >= 4 is 16.9 Å². The van der Waals surface area contributed by atoms with E-state index in [1.165, 1.54) is 12.8 Å². The van der Waals surface area contributed by atoms with Crippen LogP contribution < -0.4 is 0 Å². The number of carbonyl (C=O) groups excluding carboxylic acids is 1. The third-order valence-electron chi connectivity index (χ3n) is 5.53. The molecule has 3 heterocycles. The summed E-state index contributed by atoms with van der Waals surface area (Å²) in [7, 11) is 1.96. The maximum atomic E-state index is 13.0. The van der Waals surface area contributed by atoms with E-state index in [-0.39, 0.29) is 11.8 Å². The van der Waals surface area contributed by atoms with E-state index in [4.69, 9.17) is 0 Å². The first kappa shape index (κ1) is 15.5. The second-order valence-corrected chi connectivity index (χ2v) is 7.50. The van der Waals surface area contributed by atoms with E-state index in [0.717, 1.165) is 42.1 Å². The molecule has 1 aliphatic carbocycles. The van der Waals surface area contributed by atoms with Crippen molar-refractivity contribution in [3.05, 3.63) is 41.7 Å². The predicted octanol–water partition coefficient (Wildman–Crippen LogP) is 2.59. The van der Waals surface area contributed by atoms with Crippen LogP contribution in [0, 0.1) is 0 Å². The molecule has 0 radical (unpaired) electrons. The predicted molar refractivity (Wildman–Crippen MR) is 97.0 cm³/mol. The first-order chi connectivity index (χ1) is 12.7. The summed E-state index contributed by atoms with van der Waals surface area (Å²) in [5.74, 6) is 2.74. The molecule has 1 saturated heterocycles. The minimum atomic E-state index is 0.0696. The molecule has 7 nitrogen and oxygen atoms in total. The maximum absolute atomic E-state index is 13.0. The Kier molecular flexibility index (Phi) is 3.55. The van der Waals surface area contributed by atoms with Crippen LogP contribution >= 0.6 is 0 Å². The fraction of sp³-hybridized carbons (Fsp3) is 0.474. The summed E-state index contributed by atoms with van der Waals surface area (Å²) in [6.45, 7) is 1.47. The standard InChI is InChI=1S/C19H22N6O/c1-24-11-20-15-9-13(6-7-16(15)24)19(26)25-8-2-3-14(10-25)18-21-17(22-23-18)12-4-5-12/h6-7,9,11-12,14H,2-5,8,10H2,1H3,(H,21,22,23). The van der Waals surface area contributed by atoms with Gasteiger partial charge in [-0.1, -0.05) is 0 Å². The monoisotopic (exact) mass is 350 g/mol. The lowest BCUT2D eigenvalue weighted by atomic mass is 9.96. The number of piperidine rings is 1. The van der Waals surface area contributed by atoms with E-state index in [0.29, 0.717) is 18.0 Å². The Bertz CT molecular complexity index is 969. The van der Waals surface area contributed by atoms with Crippen molar-refractivity contribution in [2.75, 3.05) is 13.1 Å². The average molecular weight is 350 g/mol. The number of fused-ring (bicyclic) bond motifs is 1. The summed E-state index contributed by atoms with van der Waals surface area (Å²) in [4.78, 5) is 24.0. The number of imidazole rings is 1. The fourth-order valence-electron chi connectivity index (χ4n) is 3.83. The van der Waals surface area contributed by atoms with E-state index in [9.17, 15) is 4.79 Å². The third kappa shape index (κ3) is 2.67. The van der Waals surface area contributed by atoms with Gasteiger partial charge in [0.2, 0.25) is 0 Å². The van der Waals surface area contributed by atoms with E-state index >= 15 is 0 Å². The van der Waals surface area contributed by atoms with Crippen molar-refractivity contribution in [1.82, 2.24) is 29.6 Å². The molecule has 1 atom stereocenters. The van der Waals surface area contributed by atoms with E-state index in [1.807, 2.05) is 34.7 Å². The number of rotatable bonds is 3. The molecule has 0 spiro atoms. The normalized spacial score (nSPS) is 20.7. The molecular weight excluding hydrogens is 328 g/mol. The second-order valence-electron chi connectivity index (χ2n) is 7.50. The number of hydrogen-bond acceptors (Lipinski definition) is 4. The van der Waals surface area contributed by atoms with Crippen LogP contribution in [0.1, 0.15) is 59.5 Å². The van der Waals surface area contributed by atoms with Gasteiger partial charge in [0, 0.05) is 37.5 Å². The van der Waals surface area contributed by atoms with Gasteiger partial charge in [-0.25, -0.2) is 9.97 Å². The Morgan fingerprint density at radius 3 is 2.96 bits per heavy atom. The Balaban J connectivity index is 1.35. The molecule has 2 aromatic heterocycles. The molecule has 26 heavy (non-hydrogen) atoms. The SMILES string of the molecule is Cn1cnc2cc(C(=O)N3CCCC(c4n[nH]c(C5CC5)n4)C3)ccc21. The Morgan fingerprint density at radius 2 is 2.12 bits per heavy atom. The number of hydrogen-bond donors (Lipinski definition) is 1. The van der Waals surface area contributed by atoms with Crippen LogP contribution in [0.2, 0.25) is 0 Å². The zero-order chi connectivity index (χ0) is 17.7. The summed E-state index contributed by atoms with van der Waals surface area (Å²) >= 11 is 0. The quantitative estimate of drug-likeness (QED) is 0.787. The summed E-state index contributed by atoms with van der Waals surface area (Å²) in [5, 5.41) is 7.51. The lowest BCUT2D eigenvalue weighted by molar-refractivity contribution is 0.0704. The number of amides is 1. The molecule has 1 amide bonds. The maximum Gasteiger partial charge on any atom is 0.253 e. The van der Waals surface area contributed by atoms with Crippen molar-refractivity contribution in [1.29, 1.82) is 0 Å². The number of aryl methyl sites for hydroxylation is 1. The van der Waals surface area contributed by atoms with Crippen molar-refractivity contribution in [2.45, 2.75) is 37.5 Å². The van der Waals surface area contributed by atoms with E-state index in [1.54, 1.807) is 6.33 Å². The molecule has 1 aromatic carbocycles. The van der Waals surface area contributed by atoms with Gasteiger partial charge in [-0.05, 0) is 43.9 Å². The van der Waals surface area contributed by atoms with Crippen LogP contribution in [0.25, 0.3) is 11.0 Å². The highest BCUT2D eigenvalue weighted by Crippen LogP contribution is 2.38. The number of nitrogens with zero attached hydrogens (tertiary/aromatic N) is 5. The Morgan fingerprint density at radius 1 is 1.23 bits per heavy atom. The molecule has 2 fully saturated rings. The first-order valence-electron chi connectivity index (χ1n) is 9.31. The molecule has 7 heteroatoms. The van der Waals surface area contributed by atoms with Gasteiger partial charge in [0.15, 0.2) is 5.82 Å². The average Bonchev–Trinajstić information content (AvgIpc) is 3.29. The molecule has 1 unspecified atom stereocenters. The molecule has 0 bridgehead atoms. The van der Waals surface area contributed by atoms with E-state index < -0.39 is 0 Å². The van der Waals surface area contributed by atoms with Gasteiger partial charge in [0.1, 0.15) is 5.82 Å².